The minimum Gasteiger partial charge on any atom is -0.390 e. The molecule has 4 atom stereocenters. The van der Waals surface area contributed by atoms with Crippen LogP contribution in [0.25, 0.3) is 0 Å². The number of rotatable bonds is 1. The molecule has 0 saturated carbocycles. The monoisotopic (exact) mass is 222 g/mol. The molecular weight excluding hydrogens is 200 g/mol. The first-order chi connectivity index (χ1) is 7.50. The molecule has 90 valence electrons. The maximum absolute atomic E-state index is 9.90. The van der Waals surface area contributed by atoms with Crippen molar-refractivity contribution < 1.29 is 10.2 Å². The molecule has 2 rings (SSSR count). The first-order valence-corrected chi connectivity index (χ1v) is 6.23. The number of aliphatic hydroxyl groups is 2. The molecule has 2 heteroatoms. The average Bonchev–Trinajstić information content (AvgIpc) is 2.25. The van der Waals surface area contributed by atoms with E-state index in [9.17, 15) is 10.2 Å². The largest absolute Gasteiger partial charge is 0.390 e. The highest BCUT2D eigenvalue weighted by Gasteiger charge is 2.36. The second kappa shape index (κ2) is 4.34. The summed E-state index contributed by atoms with van der Waals surface area (Å²) in [6.07, 6.45) is 2.79. The number of hydrogen-bond donors (Lipinski definition) is 2. The van der Waals surface area contributed by atoms with Crippen molar-refractivity contribution in [1.82, 2.24) is 0 Å². The average molecular weight is 222 g/mol. The molecule has 0 amide bonds. The summed E-state index contributed by atoms with van der Waals surface area (Å²) >= 11 is 0. The van der Waals surface area contributed by atoms with Gasteiger partial charge in [0.05, 0.1) is 12.2 Å². The predicted molar refractivity (Wildman–Crippen MR) is 65.0 cm³/mol. The lowest BCUT2D eigenvalue weighted by Crippen LogP contribution is -2.39. The van der Waals surface area contributed by atoms with Gasteiger partial charge in [-0.05, 0) is 38.5 Å². The third-order valence-electron chi connectivity index (χ3n) is 4.32. The zero-order valence-electron chi connectivity index (χ0n) is 10.2. The fraction of sp³-hybridized carbons (Fsp3) is 0.714. The van der Waals surface area contributed by atoms with Gasteiger partial charge in [0.2, 0.25) is 0 Å². The molecule has 0 heterocycles. The van der Waals surface area contributed by atoms with Gasteiger partial charge in [-0.2, -0.15) is 0 Å². The van der Waals surface area contributed by atoms with Crippen molar-refractivity contribution in [2.24, 2.45) is 11.8 Å². The van der Waals surface area contributed by atoms with Gasteiger partial charge in [0.25, 0.3) is 0 Å². The Morgan fingerprint density at radius 1 is 1.31 bits per heavy atom. The lowest BCUT2D eigenvalue weighted by molar-refractivity contribution is -0.0142. The summed E-state index contributed by atoms with van der Waals surface area (Å²) in [6, 6.07) is 0. The summed E-state index contributed by atoms with van der Waals surface area (Å²) in [7, 11) is 0. The molecule has 0 unspecified atom stereocenters. The quantitative estimate of drug-likeness (QED) is 0.669. The molecule has 0 fully saturated rings. The van der Waals surface area contributed by atoms with E-state index in [1.807, 2.05) is 6.92 Å². The first-order valence-electron chi connectivity index (χ1n) is 6.23. The summed E-state index contributed by atoms with van der Waals surface area (Å²) in [5, 5.41) is 19.7. The topological polar surface area (TPSA) is 40.5 Å². The van der Waals surface area contributed by atoms with E-state index in [1.165, 1.54) is 16.7 Å². The van der Waals surface area contributed by atoms with Crippen LogP contribution in [0.2, 0.25) is 0 Å². The highest BCUT2D eigenvalue weighted by atomic mass is 16.3. The van der Waals surface area contributed by atoms with E-state index in [2.05, 4.69) is 13.5 Å². The Labute approximate surface area is 97.7 Å². The Balaban J connectivity index is 2.22. The van der Waals surface area contributed by atoms with Crippen LogP contribution >= 0.6 is 0 Å². The van der Waals surface area contributed by atoms with E-state index in [-0.39, 0.29) is 5.92 Å². The number of allylic oxidation sites excluding steroid dienone is 1. The van der Waals surface area contributed by atoms with Crippen LogP contribution < -0.4 is 0 Å². The highest BCUT2D eigenvalue weighted by Crippen LogP contribution is 2.42. The van der Waals surface area contributed by atoms with Crippen LogP contribution in [0, 0.1) is 11.8 Å². The van der Waals surface area contributed by atoms with Gasteiger partial charge in [-0.1, -0.05) is 30.2 Å². The van der Waals surface area contributed by atoms with Gasteiger partial charge in [0.15, 0.2) is 0 Å². The molecule has 2 nitrogen and oxygen atoms in total. The molecule has 0 spiro atoms. The molecular formula is C14H22O2. The summed E-state index contributed by atoms with van der Waals surface area (Å²) in [4.78, 5) is 0. The molecule has 16 heavy (non-hydrogen) atoms. The van der Waals surface area contributed by atoms with Gasteiger partial charge in [0, 0.05) is 5.92 Å². The van der Waals surface area contributed by atoms with Gasteiger partial charge < -0.3 is 10.2 Å². The molecule has 0 aromatic rings. The van der Waals surface area contributed by atoms with Crippen molar-refractivity contribution >= 4 is 0 Å². The fourth-order valence-corrected chi connectivity index (χ4v) is 3.10. The van der Waals surface area contributed by atoms with Crippen molar-refractivity contribution in [3.63, 3.8) is 0 Å². The van der Waals surface area contributed by atoms with Crippen LogP contribution in [0.15, 0.2) is 23.3 Å². The maximum atomic E-state index is 9.90. The molecule has 2 aliphatic carbocycles. The Bertz CT molecular complexity index is 330. The van der Waals surface area contributed by atoms with E-state index >= 15 is 0 Å². The second-order valence-electron chi connectivity index (χ2n) is 5.47. The van der Waals surface area contributed by atoms with Crippen molar-refractivity contribution in [3.8, 4) is 0 Å². The van der Waals surface area contributed by atoms with Gasteiger partial charge in [-0.25, -0.2) is 0 Å². The SMILES string of the molecule is C=C(C)[C@@H]1CCC2=C(C1)[C@H](C)[C@@H](O)[C@H](O)C2. The van der Waals surface area contributed by atoms with E-state index in [1.54, 1.807) is 0 Å². The fourth-order valence-electron chi connectivity index (χ4n) is 3.10. The van der Waals surface area contributed by atoms with E-state index < -0.39 is 12.2 Å². The maximum Gasteiger partial charge on any atom is 0.0864 e. The number of aliphatic hydroxyl groups excluding tert-OH is 2. The normalized spacial score (nSPS) is 39.5. The van der Waals surface area contributed by atoms with E-state index in [0.717, 1.165) is 19.3 Å². The van der Waals surface area contributed by atoms with Crippen LogP contribution in [-0.2, 0) is 0 Å². The Morgan fingerprint density at radius 3 is 2.62 bits per heavy atom. The van der Waals surface area contributed by atoms with Crippen LogP contribution in [0.3, 0.4) is 0 Å². The summed E-state index contributed by atoms with van der Waals surface area (Å²) in [5.41, 5.74) is 4.03. The lowest BCUT2D eigenvalue weighted by Gasteiger charge is -2.39. The summed E-state index contributed by atoms with van der Waals surface area (Å²) < 4.78 is 0. The highest BCUT2D eigenvalue weighted by molar-refractivity contribution is 5.27. The molecule has 0 radical (unpaired) electrons. The smallest absolute Gasteiger partial charge is 0.0864 e. The zero-order chi connectivity index (χ0) is 11.9. The Morgan fingerprint density at radius 2 is 2.00 bits per heavy atom. The predicted octanol–water partition coefficient (Wildman–Crippen LogP) is 2.42. The second-order valence-corrected chi connectivity index (χ2v) is 5.47. The van der Waals surface area contributed by atoms with E-state index in [4.69, 9.17) is 0 Å². The molecule has 2 N–H and O–H groups in total. The molecule has 0 aliphatic heterocycles. The van der Waals surface area contributed by atoms with Crippen molar-refractivity contribution in [3.05, 3.63) is 23.3 Å². The summed E-state index contributed by atoms with van der Waals surface area (Å²) in [6.45, 7) is 8.16. The van der Waals surface area contributed by atoms with Crippen molar-refractivity contribution in [2.75, 3.05) is 0 Å². The third-order valence-corrected chi connectivity index (χ3v) is 4.32. The molecule has 2 aliphatic rings. The molecule has 0 saturated heterocycles. The van der Waals surface area contributed by atoms with Crippen molar-refractivity contribution in [2.45, 2.75) is 51.7 Å². The Hall–Kier alpha value is -0.600. The van der Waals surface area contributed by atoms with Crippen LogP contribution in [0.4, 0.5) is 0 Å². The molecule has 0 aromatic carbocycles. The van der Waals surface area contributed by atoms with Crippen LogP contribution in [0.1, 0.15) is 39.5 Å². The Kier molecular flexibility index (Phi) is 3.22. The van der Waals surface area contributed by atoms with Crippen LogP contribution in [0.5, 0.6) is 0 Å². The molecule has 0 bridgehead atoms. The third kappa shape index (κ3) is 1.96. The molecule has 0 aromatic heterocycles. The van der Waals surface area contributed by atoms with Gasteiger partial charge >= 0.3 is 0 Å². The van der Waals surface area contributed by atoms with Gasteiger partial charge in [0.1, 0.15) is 0 Å². The van der Waals surface area contributed by atoms with Crippen LogP contribution in [-0.4, -0.2) is 22.4 Å². The minimum absolute atomic E-state index is 0.112. The van der Waals surface area contributed by atoms with Crippen molar-refractivity contribution in [1.29, 1.82) is 0 Å². The van der Waals surface area contributed by atoms with E-state index in [0.29, 0.717) is 12.3 Å². The summed E-state index contributed by atoms with van der Waals surface area (Å²) in [5.74, 6) is 0.685. The standard InChI is InChI=1S/C14H22O2/c1-8(2)10-4-5-11-7-13(15)14(16)9(3)12(11)6-10/h9-10,13-16H,1,4-7H2,2-3H3/t9-,10+,13+,14+/m0/s1. The van der Waals surface area contributed by atoms with Gasteiger partial charge in [-0.15, -0.1) is 0 Å². The zero-order valence-corrected chi connectivity index (χ0v) is 10.2. The minimum atomic E-state index is -0.581. The first kappa shape index (κ1) is 11.9. The lowest BCUT2D eigenvalue weighted by atomic mass is 9.70. The number of hydrogen-bond acceptors (Lipinski definition) is 2. The van der Waals surface area contributed by atoms with Gasteiger partial charge in [-0.3, -0.25) is 0 Å².